The quantitative estimate of drug-likeness (QED) is 0.662. The summed E-state index contributed by atoms with van der Waals surface area (Å²) in [5, 5.41) is 0. The van der Waals surface area contributed by atoms with Crippen molar-refractivity contribution in [3.05, 3.63) is 103 Å². The summed E-state index contributed by atoms with van der Waals surface area (Å²) in [7, 11) is 0. The zero-order valence-electron chi connectivity index (χ0n) is 14.2. The first kappa shape index (κ1) is 15.5. The molecular weight excluding hydrogens is 304 g/mol. The molecule has 0 spiro atoms. The summed E-state index contributed by atoms with van der Waals surface area (Å²) in [4.78, 5) is 4.93. The van der Waals surface area contributed by atoms with Gasteiger partial charge in [0.2, 0.25) is 0 Å². The third-order valence-corrected chi connectivity index (χ3v) is 4.66. The van der Waals surface area contributed by atoms with Crippen molar-refractivity contribution >= 4 is 17.5 Å². The minimum atomic E-state index is 0.213. The van der Waals surface area contributed by atoms with Crippen molar-refractivity contribution in [3.63, 3.8) is 0 Å². The van der Waals surface area contributed by atoms with E-state index in [1.54, 1.807) is 0 Å². The van der Waals surface area contributed by atoms with E-state index in [1.165, 1.54) is 16.9 Å². The number of nitrogens with zero attached hydrogens (tertiary/aromatic N) is 2. The van der Waals surface area contributed by atoms with Crippen LogP contribution in [0.2, 0.25) is 0 Å². The molecule has 0 N–H and O–H groups in total. The Morgan fingerprint density at radius 2 is 1.04 bits per heavy atom. The number of anilines is 2. The monoisotopic (exact) mass is 326 g/mol. The fourth-order valence-corrected chi connectivity index (χ4v) is 3.42. The highest BCUT2D eigenvalue weighted by atomic mass is 15.4. The van der Waals surface area contributed by atoms with Gasteiger partial charge < -0.3 is 9.80 Å². The van der Waals surface area contributed by atoms with Crippen LogP contribution >= 0.6 is 0 Å². The maximum atomic E-state index is 2.46. The number of hydrogen-bond acceptors (Lipinski definition) is 2. The average Bonchev–Trinajstić information content (AvgIpc) is 3.12. The first-order chi connectivity index (χ1) is 12.4. The lowest BCUT2D eigenvalue weighted by Gasteiger charge is -2.30. The van der Waals surface area contributed by atoms with E-state index in [4.69, 9.17) is 0 Å². The molecule has 1 aliphatic rings. The maximum absolute atomic E-state index is 2.46. The number of benzene rings is 3. The molecule has 1 saturated heterocycles. The Kier molecular flexibility index (Phi) is 4.51. The first-order valence-corrected chi connectivity index (χ1v) is 8.78. The summed E-state index contributed by atoms with van der Waals surface area (Å²) in [6.07, 6.45) is 4.74. The molecule has 0 atom stereocenters. The molecule has 0 unspecified atom stereocenters. The molecule has 2 heteroatoms. The molecule has 3 aromatic carbocycles. The average molecular weight is 326 g/mol. The second kappa shape index (κ2) is 7.27. The SMILES string of the molecule is C(=CC1N(c2ccccc2)CCN1c1ccccc1)c1ccccc1. The summed E-state index contributed by atoms with van der Waals surface area (Å²) in [5.41, 5.74) is 3.77. The van der Waals surface area contributed by atoms with Gasteiger partial charge in [-0.15, -0.1) is 0 Å². The van der Waals surface area contributed by atoms with Crippen molar-refractivity contribution in [1.29, 1.82) is 0 Å². The molecule has 25 heavy (non-hydrogen) atoms. The highest BCUT2D eigenvalue weighted by Crippen LogP contribution is 2.29. The number of para-hydroxylation sites is 2. The van der Waals surface area contributed by atoms with E-state index in [9.17, 15) is 0 Å². The van der Waals surface area contributed by atoms with Crippen LogP contribution in [0.1, 0.15) is 5.56 Å². The molecule has 0 saturated carbocycles. The minimum Gasteiger partial charge on any atom is -0.346 e. The van der Waals surface area contributed by atoms with Crippen LogP contribution in [0, 0.1) is 0 Å². The molecule has 1 heterocycles. The number of rotatable bonds is 4. The molecule has 0 radical (unpaired) electrons. The lowest BCUT2D eigenvalue weighted by molar-refractivity contribution is 0.804. The van der Waals surface area contributed by atoms with E-state index < -0.39 is 0 Å². The van der Waals surface area contributed by atoms with Crippen molar-refractivity contribution in [1.82, 2.24) is 0 Å². The van der Waals surface area contributed by atoms with Crippen LogP contribution in [-0.4, -0.2) is 19.3 Å². The molecule has 1 fully saturated rings. The Morgan fingerprint density at radius 1 is 0.600 bits per heavy atom. The van der Waals surface area contributed by atoms with Gasteiger partial charge in [0, 0.05) is 24.5 Å². The van der Waals surface area contributed by atoms with Crippen molar-refractivity contribution in [2.24, 2.45) is 0 Å². The van der Waals surface area contributed by atoms with Gasteiger partial charge in [-0.2, -0.15) is 0 Å². The van der Waals surface area contributed by atoms with Crippen LogP contribution in [0.15, 0.2) is 97.1 Å². The van der Waals surface area contributed by atoms with Gasteiger partial charge in [0.1, 0.15) is 6.17 Å². The van der Waals surface area contributed by atoms with E-state index in [-0.39, 0.29) is 6.17 Å². The van der Waals surface area contributed by atoms with Crippen LogP contribution in [0.4, 0.5) is 11.4 Å². The maximum Gasteiger partial charge on any atom is 0.121 e. The molecule has 1 aliphatic heterocycles. The van der Waals surface area contributed by atoms with Crippen LogP contribution < -0.4 is 9.80 Å². The summed E-state index contributed by atoms with van der Waals surface area (Å²) < 4.78 is 0. The standard InChI is InChI=1S/C23H22N2/c1-4-10-20(11-5-1)16-17-23-24(21-12-6-2-7-13-21)18-19-25(23)22-14-8-3-9-15-22/h1-17,23H,18-19H2. The third-order valence-electron chi connectivity index (χ3n) is 4.66. The van der Waals surface area contributed by atoms with Gasteiger partial charge >= 0.3 is 0 Å². The van der Waals surface area contributed by atoms with Gasteiger partial charge in [-0.05, 0) is 35.9 Å². The molecule has 3 aromatic rings. The van der Waals surface area contributed by atoms with Crippen molar-refractivity contribution in [3.8, 4) is 0 Å². The zero-order chi connectivity index (χ0) is 16.9. The summed E-state index contributed by atoms with van der Waals surface area (Å²) in [6, 6.07) is 31.9. The molecule has 2 nitrogen and oxygen atoms in total. The smallest absolute Gasteiger partial charge is 0.121 e. The van der Waals surface area contributed by atoms with E-state index in [0.717, 1.165) is 13.1 Å². The van der Waals surface area contributed by atoms with Crippen molar-refractivity contribution in [2.45, 2.75) is 6.17 Å². The molecular formula is C23H22N2. The van der Waals surface area contributed by atoms with E-state index in [2.05, 4.69) is 113 Å². The molecule has 0 amide bonds. The van der Waals surface area contributed by atoms with Crippen molar-refractivity contribution < 1.29 is 0 Å². The lowest BCUT2D eigenvalue weighted by Crippen LogP contribution is -2.37. The second-order valence-electron chi connectivity index (χ2n) is 6.24. The Labute approximate surface area is 149 Å². The van der Waals surface area contributed by atoms with Gasteiger partial charge in [-0.25, -0.2) is 0 Å². The van der Waals surface area contributed by atoms with Gasteiger partial charge in [0.05, 0.1) is 0 Å². The van der Waals surface area contributed by atoms with Crippen LogP contribution in [-0.2, 0) is 0 Å². The van der Waals surface area contributed by atoms with E-state index in [1.807, 2.05) is 0 Å². The number of hydrogen-bond donors (Lipinski definition) is 0. The van der Waals surface area contributed by atoms with E-state index >= 15 is 0 Å². The molecule has 124 valence electrons. The largest absolute Gasteiger partial charge is 0.346 e. The first-order valence-electron chi connectivity index (χ1n) is 8.78. The highest BCUT2D eigenvalue weighted by molar-refractivity contribution is 5.61. The van der Waals surface area contributed by atoms with E-state index in [0.29, 0.717) is 0 Å². The fraction of sp³-hybridized carbons (Fsp3) is 0.130. The second-order valence-corrected chi connectivity index (χ2v) is 6.24. The summed E-state index contributed by atoms with van der Waals surface area (Å²) in [5.74, 6) is 0. The van der Waals surface area contributed by atoms with Crippen LogP contribution in [0.5, 0.6) is 0 Å². The highest BCUT2D eigenvalue weighted by Gasteiger charge is 2.30. The van der Waals surface area contributed by atoms with Crippen LogP contribution in [0.3, 0.4) is 0 Å². The topological polar surface area (TPSA) is 6.48 Å². The van der Waals surface area contributed by atoms with Crippen molar-refractivity contribution in [2.75, 3.05) is 22.9 Å². The predicted molar refractivity (Wildman–Crippen MR) is 107 cm³/mol. The minimum absolute atomic E-state index is 0.213. The predicted octanol–water partition coefficient (Wildman–Crippen LogP) is 5.05. The molecule has 0 aromatic heterocycles. The van der Waals surface area contributed by atoms with Gasteiger partial charge in [-0.1, -0.05) is 72.8 Å². The molecule has 0 bridgehead atoms. The van der Waals surface area contributed by atoms with Gasteiger partial charge in [-0.3, -0.25) is 0 Å². The Morgan fingerprint density at radius 3 is 1.52 bits per heavy atom. The fourth-order valence-electron chi connectivity index (χ4n) is 3.42. The zero-order valence-corrected chi connectivity index (χ0v) is 14.2. The molecule has 4 rings (SSSR count). The summed E-state index contributed by atoms with van der Waals surface area (Å²) >= 11 is 0. The normalized spacial score (nSPS) is 15.2. The Balaban J connectivity index is 1.67. The third kappa shape index (κ3) is 3.43. The summed E-state index contributed by atoms with van der Waals surface area (Å²) in [6.45, 7) is 2.03. The van der Waals surface area contributed by atoms with Gasteiger partial charge in [0.15, 0.2) is 0 Å². The Hall–Kier alpha value is -3.00. The lowest BCUT2D eigenvalue weighted by atomic mass is 10.2. The molecule has 0 aliphatic carbocycles. The van der Waals surface area contributed by atoms with Crippen LogP contribution in [0.25, 0.3) is 6.08 Å². The van der Waals surface area contributed by atoms with Gasteiger partial charge in [0.25, 0.3) is 0 Å². The Bertz CT molecular complexity index is 765.